The zero-order valence-electron chi connectivity index (χ0n) is 16.2. The molecule has 1 heterocycles. The van der Waals surface area contributed by atoms with Gasteiger partial charge in [-0.25, -0.2) is 0 Å². The predicted molar refractivity (Wildman–Crippen MR) is 113 cm³/mol. The molecule has 146 valence electrons. The number of aryl methyl sites for hydroxylation is 1. The van der Waals surface area contributed by atoms with Gasteiger partial charge in [-0.2, -0.15) is 0 Å². The maximum absolute atomic E-state index is 13.0. The number of amides is 1. The standard InChI is InChI=1S/C21H22N2O4S/c1-5-13-7-6-8-15(9-13)23-20(24)16(22-21(23)28)10-14-11-18(26-3)19(27-4)12-17(14)25-2/h6-12H,5H2,1-4H3,(H,22,28)/b16-10+. The third-order valence-corrected chi connectivity index (χ3v) is 4.78. The van der Waals surface area contributed by atoms with Gasteiger partial charge in [-0.3, -0.25) is 9.69 Å². The highest BCUT2D eigenvalue weighted by molar-refractivity contribution is 7.80. The van der Waals surface area contributed by atoms with Crippen molar-refractivity contribution in [2.45, 2.75) is 13.3 Å². The second-order valence-corrected chi connectivity index (χ2v) is 6.49. The normalized spacial score (nSPS) is 15.0. The molecule has 6 nitrogen and oxygen atoms in total. The quantitative estimate of drug-likeness (QED) is 0.593. The second-order valence-electron chi connectivity index (χ2n) is 6.10. The van der Waals surface area contributed by atoms with Gasteiger partial charge >= 0.3 is 0 Å². The molecule has 7 heteroatoms. The third kappa shape index (κ3) is 3.66. The minimum absolute atomic E-state index is 0.227. The Morgan fingerprint density at radius 1 is 1.04 bits per heavy atom. The van der Waals surface area contributed by atoms with Gasteiger partial charge in [-0.15, -0.1) is 0 Å². The molecule has 0 bridgehead atoms. The Morgan fingerprint density at radius 2 is 1.71 bits per heavy atom. The van der Waals surface area contributed by atoms with Crippen molar-refractivity contribution in [3.05, 3.63) is 53.2 Å². The first-order valence-electron chi connectivity index (χ1n) is 8.78. The average molecular weight is 398 g/mol. The Morgan fingerprint density at radius 3 is 2.36 bits per heavy atom. The summed E-state index contributed by atoms with van der Waals surface area (Å²) in [6, 6.07) is 11.2. The molecular weight excluding hydrogens is 376 g/mol. The number of hydrogen-bond acceptors (Lipinski definition) is 5. The Hall–Kier alpha value is -3.06. The van der Waals surface area contributed by atoms with Crippen LogP contribution in [0.25, 0.3) is 6.08 Å². The van der Waals surface area contributed by atoms with Gasteiger partial charge in [0.15, 0.2) is 16.6 Å². The van der Waals surface area contributed by atoms with Crippen molar-refractivity contribution in [3.8, 4) is 17.2 Å². The van der Waals surface area contributed by atoms with E-state index in [1.54, 1.807) is 39.5 Å². The zero-order chi connectivity index (χ0) is 20.3. The number of ether oxygens (including phenoxy) is 3. The van der Waals surface area contributed by atoms with Gasteiger partial charge in [-0.05, 0) is 48.5 Å². The minimum atomic E-state index is -0.227. The summed E-state index contributed by atoms with van der Waals surface area (Å²) < 4.78 is 16.1. The highest BCUT2D eigenvalue weighted by Crippen LogP contribution is 2.36. The van der Waals surface area contributed by atoms with Gasteiger partial charge in [-0.1, -0.05) is 19.1 Å². The number of thiocarbonyl (C=S) groups is 1. The maximum atomic E-state index is 13.0. The van der Waals surface area contributed by atoms with E-state index in [0.717, 1.165) is 17.7 Å². The lowest BCUT2D eigenvalue weighted by Crippen LogP contribution is -2.30. The number of nitrogens with one attached hydrogen (secondary N) is 1. The van der Waals surface area contributed by atoms with Crippen molar-refractivity contribution in [3.63, 3.8) is 0 Å². The molecule has 0 unspecified atom stereocenters. The van der Waals surface area contributed by atoms with Crippen molar-refractivity contribution >= 4 is 35.0 Å². The van der Waals surface area contributed by atoms with Crippen LogP contribution in [0.5, 0.6) is 17.2 Å². The van der Waals surface area contributed by atoms with E-state index < -0.39 is 0 Å². The van der Waals surface area contributed by atoms with E-state index in [4.69, 9.17) is 26.4 Å². The summed E-state index contributed by atoms with van der Waals surface area (Å²) in [4.78, 5) is 14.5. The summed E-state index contributed by atoms with van der Waals surface area (Å²) in [6.07, 6.45) is 2.57. The number of nitrogens with zero attached hydrogens (tertiary/aromatic N) is 1. The molecule has 28 heavy (non-hydrogen) atoms. The molecule has 1 aliphatic rings. The number of carbonyl (C=O) groups is 1. The van der Waals surface area contributed by atoms with E-state index >= 15 is 0 Å². The van der Waals surface area contributed by atoms with Gasteiger partial charge in [0.05, 0.1) is 27.0 Å². The number of anilines is 1. The topological polar surface area (TPSA) is 60.0 Å². The summed E-state index contributed by atoms with van der Waals surface area (Å²) >= 11 is 5.40. The van der Waals surface area contributed by atoms with E-state index in [1.807, 2.05) is 24.3 Å². The lowest BCUT2D eigenvalue weighted by Gasteiger charge is -2.15. The Bertz CT molecular complexity index is 955. The Labute approximate surface area is 169 Å². The SMILES string of the molecule is CCc1cccc(N2C(=O)/C(=C\c3cc(OC)c(OC)cc3OC)NC2=S)c1. The summed E-state index contributed by atoms with van der Waals surface area (Å²) in [5.41, 5.74) is 2.90. The van der Waals surface area contributed by atoms with Gasteiger partial charge in [0.1, 0.15) is 11.4 Å². The first-order valence-corrected chi connectivity index (χ1v) is 9.19. The molecule has 1 amide bonds. The van der Waals surface area contributed by atoms with Crippen molar-refractivity contribution in [2.75, 3.05) is 26.2 Å². The lowest BCUT2D eigenvalue weighted by molar-refractivity contribution is -0.113. The second kappa shape index (κ2) is 8.31. The van der Waals surface area contributed by atoms with Crippen LogP contribution < -0.4 is 24.4 Å². The maximum Gasteiger partial charge on any atom is 0.281 e. The van der Waals surface area contributed by atoms with Crippen molar-refractivity contribution in [2.24, 2.45) is 0 Å². The number of benzene rings is 2. The smallest absolute Gasteiger partial charge is 0.281 e. The summed E-state index contributed by atoms with van der Waals surface area (Å²) in [7, 11) is 4.66. The number of methoxy groups -OCH3 is 3. The van der Waals surface area contributed by atoms with Gasteiger partial charge in [0.2, 0.25) is 0 Å². The largest absolute Gasteiger partial charge is 0.496 e. The molecule has 1 saturated heterocycles. The molecule has 0 aliphatic carbocycles. The number of rotatable bonds is 6. The van der Waals surface area contributed by atoms with Crippen LogP contribution in [0.4, 0.5) is 5.69 Å². The van der Waals surface area contributed by atoms with Gasteiger partial charge in [0.25, 0.3) is 5.91 Å². The van der Waals surface area contributed by atoms with Crippen LogP contribution in [0, 0.1) is 0 Å². The van der Waals surface area contributed by atoms with Crippen LogP contribution in [0.3, 0.4) is 0 Å². The average Bonchev–Trinajstić information content (AvgIpc) is 3.00. The fraction of sp³-hybridized carbons (Fsp3) is 0.238. The number of hydrogen-bond donors (Lipinski definition) is 1. The fourth-order valence-electron chi connectivity index (χ4n) is 3.01. The van der Waals surface area contributed by atoms with E-state index in [0.29, 0.717) is 33.6 Å². The van der Waals surface area contributed by atoms with Crippen LogP contribution in [-0.4, -0.2) is 32.3 Å². The number of carbonyl (C=O) groups excluding carboxylic acids is 1. The van der Waals surface area contributed by atoms with Crippen LogP contribution in [0.15, 0.2) is 42.1 Å². The molecule has 0 aromatic heterocycles. The summed E-state index contributed by atoms with van der Waals surface area (Å²) in [6.45, 7) is 2.07. The van der Waals surface area contributed by atoms with Gasteiger partial charge < -0.3 is 19.5 Å². The molecule has 1 N–H and O–H groups in total. The molecule has 3 rings (SSSR count). The van der Waals surface area contributed by atoms with Crippen molar-refractivity contribution in [1.29, 1.82) is 0 Å². The van der Waals surface area contributed by atoms with E-state index in [1.165, 1.54) is 4.90 Å². The molecule has 0 atom stereocenters. The first kappa shape index (κ1) is 19.7. The highest BCUT2D eigenvalue weighted by Gasteiger charge is 2.32. The van der Waals surface area contributed by atoms with Crippen LogP contribution in [0.2, 0.25) is 0 Å². The minimum Gasteiger partial charge on any atom is -0.496 e. The molecule has 0 spiro atoms. The van der Waals surface area contributed by atoms with Crippen LogP contribution >= 0.6 is 12.2 Å². The molecular formula is C21H22N2O4S. The van der Waals surface area contributed by atoms with Crippen molar-refractivity contribution < 1.29 is 19.0 Å². The molecule has 1 aliphatic heterocycles. The summed E-state index contributed by atoms with van der Waals surface area (Å²) in [5, 5.41) is 3.33. The molecule has 2 aromatic rings. The summed E-state index contributed by atoms with van der Waals surface area (Å²) in [5.74, 6) is 1.41. The lowest BCUT2D eigenvalue weighted by atomic mass is 10.1. The van der Waals surface area contributed by atoms with Crippen molar-refractivity contribution in [1.82, 2.24) is 5.32 Å². The Balaban J connectivity index is 2.00. The predicted octanol–water partition coefficient (Wildman–Crippen LogP) is 3.54. The third-order valence-electron chi connectivity index (χ3n) is 4.49. The first-order chi connectivity index (χ1) is 13.5. The van der Waals surface area contributed by atoms with Gasteiger partial charge in [0, 0.05) is 11.6 Å². The highest BCUT2D eigenvalue weighted by atomic mass is 32.1. The van der Waals surface area contributed by atoms with Crippen LogP contribution in [0.1, 0.15) is 18.1 Å². The molecule has 0 radical (unpaired) electrons. The monoisotopic (exact) mass is 398 g/mol. The molecule has 1 fully saturated rings. The Kier molecular flexibility index (Phi) is 5.84. The molecule has 2 aromatic carbocycles. The van der Waals surface area contributed by atoms with E-state index in [9.17, 15) is 4.79 Å². The molecule has 0 saturated carbocycles. The fourth-order valence-corrected chi connectivity index (χ4v) is 3.30. The van der Waals surface area contributed by atoms with Crippen LogP contribution in [-0.2, 0) is 11.2 Å². The zero-order valence-corrected chi connectivity index (χ0v) is 17.1. The van der Waals surface area contributed by atoms with E-state index in [2.05, 4.69) is 12.2 Å². The van der Waals surface area contributed by atoms with E-state index in [-0.39, 0.29) is 5.91 Å².